The summed E-state index contributed by atoms with van der Waals surface area (Å²) in [7, 11) is 3.81. The molecule has 0 bridgehead atoms. The van der Waals surface area contributed by atoms with Crippen molar-refractivity contribution in [3.05, 3.63) is 18.3 Å². The Balaban J connectivity index is 2.35. The quantitative estimate of drug-likeness (QED) is 0.741. The van der Waals surface area contributed by atoms with Crippen LogP contribution < -0.4 is 15.5 Å². The number of carbonyl (C=O) groups excluding carboxylic acids is 1. The monoisotopic (exact) mass is 280 g/mol. The van der Waals surface area contributed by atoms with Crippen LogP contribution in [0.4, 0.5) is 16.3 Å². The number of amides is 2. The van der Waals surface area contributed by atoms with Gasteiger partial charge in [0.15, 0.2) is 0 Å². The second-order valence-corrected chi connectivity index (χ2v) is 5.28. The molecule has 20 heavy (non-hydrogen) atoms. The standard InChI is InChI=1S/C14H24N4O2/c1-10(2)12(19)7-8-15-14(20)17-11-5-6-13(16-9-11)18(3)4/h5-6,9-10,12,19H,7-8H2,1-4H3,(H2,15,17,20). The lowest BCUT2D eigenvalue weighted by atomic mass is 10.0. The van der Waals surface area contributed by atoms with E-state index in [4.69, 9.17) is 0 Å². The van der Waals surface area contributed by atoms with Gasteiger partial charge in [-0.2, -0.15) is 0 Å². The molecular weight excluding hydrogens is 256 g/mol. The van der Waals surface area contributed by atoms with E-state index in [1.807, 2.05) is 38.9 Å². The highest BCUT2D eigenvalue weighted by molar-refractivity contribution is 5.89. The first-order chi connectivity index (χ1) is 9.40. The van der Waals surface area contributed by atoms with Crippen LogP contribution in [0, 0.1) is 5.92 Å². The van der Waals surface area contributed by atoms with Gasteiger partial charge < -0.3 is 20.6 Å². The van der Waals surface area contributed by atoms with E-state index < -0.39 is 6.10 Å². The molecule has 0 saturated heterocycles. The molecule has 1 heterocycles. The van der Waals surface area contributed by atoms with Crippen LogP contribution in [0.1, 0.15) is 20.3 Å². The van der Waals surface area contributed by atoms with Crippen molar-refractivity contribution < 1.29 is 9.90 Å². The van der Waals surface area contributed by atoms with Crippen molar-refractivity contribution in [2.75, 3.05) is 30.9 Å². The number of anilines is 2. The van der Waals surface area contributed by atoms with Gasteiger partial charge in [0.05, 0.1) is 18.0 Å². The summed E-state index contributed by atoms with van der Waals surface area (Å²) >= 11 is 0. The number of nitrogens with one attached hydrogen (secondary N) is 2. The van der Waals surface area contributed by atoms with Crippen LogP contribution in [0.25, 0.3) is 0 Å². The number of hydrogen-bond acceptors (Lipinski definition) is 4. The lowest BCUT2D eigenvalue weighted by molar-refractivity contribution is 0.117. The van der Waals surface area contributed by atoms with Crippen LogP contribution in [0.2, 0.25) is 0 Å². The summed E-state index contributed by atoms with van der Waals surface area (Å²) in [4.78, 5) is 17.7. The largest absolute Gasteiger partial charge is 0.393 e. The molecule has 0 aromatic carbocycles. The smallest absolute Gasteiger partial charge is 0.319 e. The molecule has 1 atom stereocenters. The number of nitrogens with zero attached hydrogens (tertiary/aromatic N) is 2. The van der Waals surface area contributed by atoms with Gasteiger partial charge in [-0.25, -0.2) is 9.78 Å². The third-order valence-corrected chi connectivity index (χ3v) is 2.96. The summed E-state index contributed by atoms with van der Waals surface area (Å²) in [5, 5.41) is 15.0. The van der Waals surface area contributed by atoms with Gasteiger partial charge in [-0.3, -0.25) is 0 Å². The van der Waals surface area contributed by atoms with E-state index in [1.165, 1.54) is 0 Å². The van der Waals surface area contributed by atoms with E-state index in [0.29, 0.717) is 18.7 Å². The zero-order chi connectivity index (χ0) is 15.1. The van der Waals surface area contributed by atoms with Crippen molar-refractivity contribution >= 4 is 17.5 Å². The van der Waals surface area contributed by atoms with Crippen LogP contribution in [0.5, 0.6) is 0 Å². The first-order valence-electron chi connectivity index (χ1n) is 6.76. The Bertz CT molecular complexity index is 418. The van der Waals surface area contributed by atoms with Gasteiger partial charge in [0, 0.05) is 20.6 Å². The molecule has 0 fully saturated rings. The first-order valence-corrected chi connectivity index (χ1v) is 6.76. The summed E-state index contributed by atoms with van der Waals surface area (Å²) < 4.78 is 0. The van der Waals surface area contributed by atoms with Crippen LogP contribution >= 0.6 is 0 Å². The summed E-state index contributed by atoms with van der Waals surface area (Å²) in [5.41, 5.74) is 0.637. The van der Waals surface area contributed by atoms with Crippen LogP contribution in [0.3, 0.4) is 0 Å². The molecule has 6 nitrogen and oxygen atoms in total. The Morgan fingerprint density at radius 1 is 1.40 bits per heavy atom. The molecule has 0 saturated carbocycles. The number of aliphatic hydroxyl groups is 1. The van der Waals surface area contributed by atoms with Crippen LogP contribution in [0.15, 0.2) is 18.3 Å². The molecule has 1 aromatic heterocycles. The highest BCUT2D eigenvalue weighted by Crippen LogP contribution is 2.11. The van der Waals surface area contributed by atoms with Gasteiger partial charge in [-0.05, 0) is 24.5 Å². The normalized spacial score (nSPS) is 12.1. The lowest BCUT2D eigenvalue weighted by Crippen LogP contribution is -2.32. The Morgan fingerprint density at radius 3 is 2.60 bits per heavy atom. The second-order valence-electron chi connectivity index (χ2n) is 5.28. The number of pyridine rings is 1. The molecule has 0 radical (unpaired) electrons. The third kappa shape index (κ3) is 5.44. The Kier molecular flexibility index (Phi) is 6.24. The molecule has 2 amide bonds. The molecule has 6 heteroatoms. The van der Waals surface area contributed by atoms with E-state index in [1.54, 1.807) is 12.3 Å². The van der Waals surface area contributed by atoms with Crippen molar-refractivity contribution in [3.63, 3.8) is 0 Å². The molecule has 1 unspecified atom stereocenters. The fourth-order valence-corrected chi connectivity index (χ4v) is 1.57. The van der Waals surface area contributed by atoms with Crippen molar-refractivity contribution in [2.24, 2.45) is 5.92 Å². The van der Waals surface area contributed by atoms with E-state index in [9.17, 15) is 9.90 Å². The maximum absolute atomic E-state index is 11.6. The van der Waals surface area contributed by atoms with Crippen molar-refractivity contribution in [3.8, 4) is 0 Å². The molecule has 3 N–H and O–H groups in total. The third-order valence-electron chi connectivity index (χ3n) is 2.96. The van der Waals surface area contributed by atoms with Gasteiger partial charge >= 0.3 is 6.03 Å². The number of aromatic nitrogens is 1. The Labute approximate surface area is 120 Å². The molecule has 0 aliphatic carbocycles. The minimum absolute atomic E-state index is 0.197. The van der Waals surface area contributed by atoms with Gasteiger partial charge in [-0.15, -0.1) is 0 Å². The average Bonchev–Trinajstić information content (AvgIpc) is 2.39. The molecule has 1 aromatic rings. The summed E-state index contributed by atoms with van der Waals surface area (Å²) in [6.07, 6.45) is 1.76. The number of hydrogen-bond donors (Lipinski definition) is 3. The van der Waals surface area contributed by atoms with Gasteiger partial charge in [0.25, 0.3) is 0 Å². The van der Waals surface area contributed by atoms with Crippen LogP contribution in [-0.2, 0) is 0 Å². The zero-order valence-corrected chi connectivity index (χ0v) is 12.6. The Hall–Kier alpha value is -1.82. The fourth-order valence-electron chi connectivity index (χ4n) is 1.57. The number of rotatable bonds is 6. The average molecular weight is 280 g/mol. The maximum Gasteiger partial charge on any atom is 0.319 e. The van der Waals surface area contributed by atoms with E-state index in [2.05, 4.69) is 15.6 Å². The minimum Gasteiger partial charge on any atom is -0.393 e. The molecule has 112 valence electrons. The highest BCUT2D eigenvalue weighted by atomic mass is 16.3. The first kappa shape index (κ1) is 16.2. The SMILES string of the molecule is CC(C)C(O)CCNC(=O)Nc1ccc(N(C)C)nc1. The van der Waals surface area contributed by atoms with E-state index in [0.717, 1.165) is 5.82 Å². The molecule has 0 aliphatic heterocycles. The summed E-state index contributed by atoms with van der Waals surface area (Å²) in [5.74, 6) is 1.03. The van der Waals surface area contributed by atoms with Gasteiger partial charge in [0.2, 0.25) is 0 Å². The summed E-state index contributed by atoms with van der Waals surface area (Å²) in [6, 6.07) is 3.34. The van der Waals surface area contributed by atoms with Gasteiger partial charge in [0.1, 0.15) is 5.82 Å². The van der Waals surface area contributed by atoms with E-state index >= 15 is 0 Å². The predicted molar refractivity (Wildman–Crippen MR) is 81.0 cm³/mol. The van der Waals surface area contributed by atoms with Crippen molar-refractivity contribution in [1.82, 2.24) is 10.3 Å². The number of aliphatic hydroxyl groups excluding tert-OH is 1. The summed E-state index contributed by atoms with van der Waals surface area (Å²) in [6.45, 7) is 4.33. The Morgan fingerprint density at radius 2 is 2.10 bits per heavy atom. The molecule has 0 spiro atoms. The lowest BCUT2D eigenvalue weighted by Gasteiger charge is -2.15. The van der Waals surface area contributed by atoms with Crippen LogP contribution in [-0.4, -0.2) is 42.9 Å². The predicted octanol–water partition coefficient (Wildman–Crippen LogP) is 1.68. The van der Waals surface area contributed by atoms with Crippen molar-refractivity contribution in [2.45, 2.75) is 26.4 Å². The minimum atomic E-state index is -0.392. The van der Waals surface area contributed by atoms with E-state index in [-0.39, 0.29) is 11.9 Å². The van der Waals surface area contributed by atoms with Gasteiger partial charge in [-0.1, -0.05) is 13.8 Å². The molecular formula is C14H24N4O2. The zero-order valence-electron chi connectivity index (χ0n) is 12.6. The van der Waals surface area contributed by atoms with Crippen molar-refractivity contribution in [1.29, 1.82) is 0 Å². The second kappa shape index (κ2) is 7.69. The highest BCUT2D eigenvalue weighted by Gasteiger charge is 2.09. The fraction of sp³-hybridized carbons (Fsp3) is 0.571. The topological polar surface area (TPSA) is 77.5 Å². The molecule has 1 rings (SSSR count). The molecule has 0 aliphatic rings. The maximum atomic E-state index is 11.6. The number of carbonyl (C=O) groups is 1. The number of urea groups is 1.